The summed E-state index contributed by atoms with van der Waals surface area (Å²) in [4.78, 5) is 0. The largest absolute Gasteiger partial charge is 0.399 e. The van der Waals surface area contributed by atoms with E-state index in [0.717, 1.165) is 20.1 Å². The lowest BCUT2D eigenvalue weighted by atomic mass is 9.70. The van der Waals surface area contributed by atoms with Crippen molar-refractivity contribution in [3.8, 4) is 18.2 Å². The number of nitrogens with zero attached hydrogens (tertiary/aromatic N) is 3. The number of hydrogen-bond donors (Lipinski definition) is 1. The van der Waals surface area contributed by atoms with E-state index in [1.165, 1.54) is 0 Å². The molecule has 2 aromatic rings. The van der Waals surface area contributed by atoms with Crippen LogP contribution in [-0.2, 0) is 0 Å². The molecule has 0 fully saturated rings. The zero-order valence-electron chi connectivity index (χ0n) is 13.4. The van der Waals surface area contributed by atoms with E-state index in [-0.39, 0.29) is 11.3 Å². The molecule has 2 atom stereocenters. The lowest BCUT2D eigenvalue weighted by Crippen LogP contribution is -2.29. The van der Waals surface area contributed by atoms with Crippen molar-refractivity contribution >= 4 is 31.9 Å². The van der Waals surface area contributed by atoms with Crippen LogP contribution in [0.5, 0.6) is 0 Å². The van der Waals surface area contributed by atoms with Gasteiger partial charge in [0.15, 0.2) is 5.41 Å². The van der Waals surface area contributed by atoms with Gasteiger partial charge in [-0.05, 0) is 23.3 Å². The molecule has 6 heteroatoms. The predicted molar refractivity (Wildman–Crippen MR) is 104 cm³/mol. The Labute approximate surface area is 168 Å². The molecule has 0 amide bonds. The van der Waals surface area contributed by atoms with Crippen LogP contribution in [0, 0.1) is 39.4 Å². The van der Waals surface area contributed by atoms with Gasteiger partial charge in [-0.2, -0.15) is 15.8 Å². The maximum Gasteiger partial charge on any atom is 0.191 e. The molecule has 1 aliphatic carbocycles. The zero-order valence-corrected chi connectivity index (χ0v) is 16.6. The maximum absolute atomic E-state index is 9.93. The van der Waals surface area contributed by atoms with Crippen LogP contribution in [0.4, 0.5) is 0 Å². The van der Waals surface area contributed by atoms with E-state index in [1.54, 1.807) is 0 Å². The van der Waals surface area contributed by atoms with Crippen LogP contribution in [0.3, 0.4) is 0 Å². The number of halogens is 2. The lowest BCUT2D eigenvalue weighted by Gasteiger charge is -2.29. The molecule has 1 aliphatic rings. The summed E-state index contributed by atoms with van der Waals surface area (Å²) in [6.07, 6.45) is 0. The summed E-state index contributed by atoms with van der Waals surface area (Å²) in [7, 11) is 0. The van der Waals surface area contributed by atoms with Gasteiger partial charge in [0.2, 0.25) is 0 Å². The van der Waals surface area contributed by atoms with E-state index >= 15 is 0 Å². The molecular weight excluding hydrogens is 456 g/mol. The van der Waals surface area contributed by atoms with Gasteiger partial charge in [-0.1, -0.05) is 68.3 Å². The number of nitrogens with two attached hydrogens (primary N) is 1. The quantitative estimate of drug-likeness (QED) is 0.681. The van der Waals surface area contributed by atoms with E-state index < -0.39 is 17.3 Å². The molecule has 0 spiro atoms. The van der Waals surface area contributed by atoms with E-state index in [1.807, 2.05) is 48.5 Å². The Kier molecular flexibility index (Phi) is 4.88. The Balaban J connectivity index is 2.39. The van der Waals surface area contributed by atoms with Gasteiger partial charge in [-0.15, -0.1) is 0 Å². The molecule has 0 saturated heterocycles. The summed E-state index contributed by atoms with van der Waals surface area (Å²) < 4.78 is 1.57. The lowest BCUT2D eigenvalue weighted by molar-refractivity contribution is 0.473. The Hall–Kier alpha value is -2.59. The molecule has 0 saturated carbocycles. The minimum Gasteiger partial charge on any atom is -0.399 e. The molecule has 0 radical (unpaired) electrons. The molecule has 126 valence electrons. The van der Waals surface area contributed by atoms with Gasteiger partial charge in [0, 0.05) is 20.8 Å². The molecule has 0 aliphatic heterocycles. The fraction of sp³-hybridized carbons (Fsp3) is 0.150. The van der Waals surface area contributed by atoms with Gasteiger partial charge in [-0.25, -0.2) is 0 Å². The molecule has 2 aromatic carbocycles. The summed E-state index contributed by atoms with van der Waals surface area (Å²) in [5.74, 6) is -1.12. The third-order valence-electron chi connectivity index (χ3n) is 4.78. The number of nitriles is 3. The van der Waals surface area contributed by atoms with Crippen molar-refractivity contribution in [3.63, 3.8) is 0 Å². The Morgan fingerprint density at radius 1 is 0.846 bits per heavy atom. The average molecular weight is 468 g/mol. The highest BCUT2D eigenvalue weighted by Crippen LogP contribution is 2.59. The molecule has 4 nitrogen and oxygen atoms in total. The molecule has 0 heterocycles. The molecule has 3 rings (SSSR count). The van der Waals surface area contributed by atoms with Crippen LogP contribution in [0.2, 0.25) is 0 Å². The van der Waals surface area contributed by atoms with Gasteiger partial charge in [0.25, 0.3) is 0 Å². The summed E-state index contributed by atoms with van der Waals surface area (Å²) in [6.45, 7) is 0. The molecular formula is C20H12Br2N4. The second-order valence-electron chi connectivity index (χ2n) is 5.97. The van der Waals surface area contributed by atoms with Crippen molar-refractivity contribution in [1.29, 1.82) is 15.8 Å². The summed E-state index contributed by atoms with van der Waals surface area (Å²) in [5.41, 5.74) is 6.50. The first kappa shape index (κ1) is 18.2. The molecule has 26 heavy (non-hydrogen) atoms. The predicted octanol–water partition coefficient (Wildman–Crippen LogP) is 4.86. The van der Waals surface area contributed by atoms with Gasteiger partial charge >= 0.3 is 0 Å². The fourth-order valence-corrected chi connectivity index (χ4v) is 4.64. The van der Waals surface area contributed by atoms with Gasteiger partial charge < -0.3 is 5.73 Å². The first-order valence-corrected chi connectivity index (χ1v) is 9.32. The average Bonchev–Trinajstić information content (AvgIpc) is 2.90. The number of benzene rings is 2. The van der Waals surface area contributed by atoms with Crippen LogP contribution < -0.4 is 5.73 Å². The maximum atomic E-state index is 9.93. The van der Waals surface area contributed by atoms with E-state index in [2.05, 4.69) is 50.1 Å². The second kappa shape index (κ2) is 6.96. The Bertz CT molecular complexity index is 1020. The summed E-state index contributed by atoms with van der Waals surface area (Å²) >= 11 is 7.06. The smallest absolute Gasteiger partial charge is 0.191 e. The van der Waals surface area contributed by atoms with Gasteiger partial charge in [0.1, 0.15) is 0 Å². The van der Waals surface area contributed by atoms with Crippen LogP contribution >= 0.6 is 31.9 Å². The normalized spacial score (nSPS) is 20.9. The van der Waals surface area contributed by atoms with E-state index in [9.17, 15) is 15.8 Å². The standard InChI is InChI=1S/C20H12Br2N4/c21-15-7-3-1-5-12(15)17-14(9-23)19(26)20(10-24,11-25)18(17)13-6-2-4-8-16(13)22/h1-8,17-18H,26H2/t17-,18-/m0/s1. The third kappa shape index (κ3) is 2.53. The fourth-order valence-electron chi connectivity index (χ4n) is 3.58. The first-order chi connectivity index (χ1) is 12.5. The minimum atomic E-state index is -1.62. The van der Waals surface area contributed by atoms with Crippen molar-refractivity contribution in [2.24, 2.45) is 11.1 Å². The van der Waals surface area contributed by atoms with E-state index in [0.29, 0.717) is 0 Å². The highest BCUT2D eigenvalue weighted by atomic mass is 79.9. The third-order valence-corrected chi connectivity index (χ3v) is 6.22. The Morgan fingerprint density at radius 3 is 1.81 bits per heavy atom. The zero-order chi connectivity index (χ0) is 18.9. The summed E-state index contributed by atoms with van der Waals surface area (Å²) in [5, 5.41) is 29.7. The first-order valence-electron chi connectivity index (χ1n) is 7.73. The van der Waals surface area contributed by atoms with Crippen LogP contribution in [0.25, 0.3) is 0 Å². The van der Waals surface area contributed by atoms with Crippen LogP contribution in [0.15, 0.2) is 68.7 Å². The number of allylic oxidation sites excluding steroid dienone is 2. The van der Waals surface area contributed by atoms with Crippen LogP contribution in [-0.4, -0.2) is 0 Å². The highest BCUT2D eigenvalue weighted by Gasteiger charge is 2.56. The molecule has 0 unspecified atom stereocenters. The van der Waals surface area contributed by atoms with E-state index in [4.69, 9.17) is 5.73 Å². The second-order valence-corrected chi connectivity index (χ2v) is 7.68. The topological polar surface area (TPSA) is 97.4 Å². The molecule has 2 N–H and O–H groups in total. The highest BCUT2D eigenvalue weighted by molar-refractivity contribution is 9.10. The molecule has 0 bridgehead atoms. The van der Waals surface area contributed by atoms with Crippen molar-refractivity contribution < 1.29 is 0 Å². The SMILES string of the molecule is N#CC1=C(N)C(C#N)(C#N)[C@@H](c2ccccc2Br)[C@H]1c1ccccc1Br. The Morgan fingerprint density at radius 2 is 1.35 bits per heavy atom. The summed E-state index contributed by atoms with van der Waals surface area (Å²) in [6, 6.07) is 21.3. The van der Waals surface area contributed by atoms with Crippen molar-refractivity contribution in [2.75, 3.05) is 0 Å². The van der Waals surface area contributed by atoms with Crippen molar-refractivity contribution in [2.45, 2.75) is 11.8 Å². The monoisotopic (exact) mass is 466 g/mol. The van der Waals surface area contributed by atoms with Crippen molar-refractivity contribution in [3.05, 3.63) is 79.9 Å². The number of rotatable bonds is 2. The van der Waals surface area contributed by atoms with Gasteiger partial charge in [-0.3, -0.25) is 0 Å². The minimum absolute atomic E-state index is 0.0338. The number of hydrogen-bond acceptors (Lipinski definition) is 4. The van der Waals surface area contributed by atoms with Crippen molar-refractivity contribution in [1.82, 2.24) is 0 Å². The van der Waals surface area contributed by atoms with Crippen LogP contribution in [0.1, 0.15) is 23.0 Å². The molecule has 0 aromatic heterocycles. The van der Waals surface area contributed by atoms with Gasteiger partial charge in [0.05, 0.1) is 29.5 Å².